The number of carbonyl (C=O) groups excluding carboxylic acids is 1. The van der Waals surface area contributed by atoms with Crippen LogP contribution in [0.2, 0.25) is 0 Å². The van der Waals surface area contributed by atoms with Crippen LogP contribution in [0, 0.1) is 0 Å². The first-order chi connectivity index (χ1) is 10.3. The third-order valence-electron chi connectivity index (χ3n) is 4.57. The second kappa shape index (κ2) is 6.44. The lowest BCUT2D eigenvalue weighted by molar-refractivity contribution is 0.0936. The van der Waals surface area contributed by atoms with Gasteiger partial charge in [-0.1, -0.05) is 37.5 Å². The highest BCUT2D eigenvalue weighted by molar-refractivity contribution is 7.08. The van der Waals surface area contributed by atoms with E-state index in [1.54, 1.807) is 11.3 Å². The third kappa shape index (κ3) is 3.18. The van der Waals surface area contributed by atoms with Gasteiger partial charge < -0.3 is 5.32 Å². The Balaban J connectivity index is 1.72. The van der Waals surface area contributed by atoms with E-state index < -0.39 is 0 Å². The summed E-state index contributed by atoms with van der Waals surface area (Å²) in [6.07, 6.45) is 6.20. The fourth-order valence-corrected chi connectivity index (χ4v) is 4.08. The topological polar surface area (TPSA) is 29.1 Å². The molecule has 1 aliphatic carbocycles. The van der Waals surface area contributed by atoms with Gasteiger partial charge in [0.05, 0.1) is 0 Å². The van der Waals surface area contributed by atoms with Crippen molar-refractivity contribution in [2.75, 3.05) is 6.54 Å². The van der Waals surface area contributed by atoms with Gasteiger partial charge in [-0.25, -0.2) is 0 Å². The molecule has 1 aliphatic rings. The number of rotatable bonds is 4. The van der Waals surface area contributed by atoms with Gasteiger partial charge in [0.25, 0.3) is 5.91 Å². The molecule has 1 saturated carbocycles. The van der Waals surface area contributed by atoms with Crippen molar-refractivity contribution in [3.63, 3.8) is 0 Å². The largest absolute Gasteiger partial charge is 0.351 e. The zero-order valence-electron chi connectivity index (χ0n) is 12.2. The van der Waals surface area contributed by atoms with E-state index >= 15 is 0 Å². The first-order valence-electron chi connectivity index (χ1n) is 7.66. The van der Waals surface area contributed by atoms with E-state index in [1.165, 1.54) is 37.7 Å². The molecule has 2 aromatic rings. The fourth-order valence-electron chi connectivity index (χ4n) is 3.30. The SMILES string of the molecule is O=C(NCC1(c2ccsc2)CCCCC1)c1ccccc1. The molecule has 0 radical (unpaired) electrons. The quantitative estimate of drug-likeness (QED) is 0.892. The molecule has 2 nitrogen and oxygen atoms in total. The van der Waals surface area contributed by atoms with Crippen molar-refractivity contribution in [1.29, 1.82) is 0 Å². The molecule has 0 spiro atoms. The molecule has 3 heteroatoms. The summed E-state index contributed by atoms with van der Waals surface area (Å²) in [6, 6.07) is 11.7. The first kappa shape index (κ1) is 14.3. The highest BCUT2D eigenvalue weighted by Gasteiger charge is 2.34. The number of carbonyl (C=O) groups is 1. The smallest absolute Gasteiger partial charge is 0.251 e. The zero-order chi connectivity index (χ0) is 14.5. The van der Waals surface area contributed by atoms with E-state index in [0.29, 0.717) is 0 Å². The average molecular weight is 299 g/mol. The zero-order valence-corrected chi connectivity index (χ0v) is 13.0. The van der Waals surface area contributed by atoms with Crippen LogP contribution in [0.25, 0.3) is 0 Å². The highest BCUT2D eigenvalue weighted by atomic mass is 32.1. The van der Waals surface area contributed by atoms with Crippen LogP contribution in [0.5, 0.6) is 0 Å². The van der Waals surface area contributed by atoms with Crippen molar-refractivity contribution in [2.24, 2.45) is 0 Å². The molecule has 1 aromatic heterocycles. The van der Waals surface area contributed by atoms with Gasteiger partial charge in [-0.2, -0.15) is 11.3 Å². The minimum atomic E-state index is 0.0378. The normalized spacial score (nSPS) is 17.3. The minimum Gasteiger partial charge on any atom is -0.351 e. The lowest BCUT2D eigenvalue weighted by Gasteiger charge is -2.37. The van der Waals surface area contributed by atoms with E-state index in [4.69, 9.17) is 0 Å². The van der Waals surface area contributed by atoms with Crippen LogP contribution in [0.4, 0.5) is 0 Å². The Labute approximate surface area is 130 Å². The van der Waals surface area contributed by atoms with Crippen LogP contribution < -0.4 is 5.32 Å². The van der Waals surface area contributed by atoms with Crippen molar-refractivity contribution in [3.05, 3.63) is 58.3 Å². The number of benzene rings is 1. The van der Waals surface area contributed by atoms with Gasteiger partial charge in [0.1, 0.15) is 0 Å². The molecule has 1 fully saturated rings. The molecular weight excluding hydrogens is 278 g/mol. The van der Waals surface area contributed by atoms with Gasteiger partial charge in [-0.15, -0.1) is 0 Å². The molecular formula is C18H21NOS. The molecule has 0 unspecified atom stereocenters. The molecule has 1 heterocycles. The number of amides is 1. The third-order valence-corrected chi connectivity index (χ3v) is 5.25. The van der Waals surface area contributed by atoms with Crippen LogP contribution in [-0.4, -0.2) is 12.5 Å². The maximum atomic E-state index is 12.3. The van der Waals surface area contributed by atoms with Crippen molar-refractivity contribution < 1.29 is 4.79 Å². The Bertz CT molecular complexity index is 571. The van der Waals surface area contributed by atoms with Gasteiger partial charge in [0, 0.05) is 17.5 Å². The highest BCUT2D eigenvalue weighted by Crippen LogP contribution is 2.39. The van der Waals surface area contributed by atoms with Gasteiger partial charge in [-0.05, 0) is 47.4 Å². The maximum absolute atomic E-state index is 12.3. The molecule has 0 bridgehead atoms. The number of thiophene rings is 1. The molecule has 0 aliphatic heterocycles. The van der Waals surface area contributed by atoms with Gasteiger partial charge in [-0.3, -0.25) is 4.79 Å². The maximum Gasteiger partial charge on any atom is 0.251 e. The van der Waals surface area contributed by atoms with Crippen LogP contribution in [-0.2, 0) is 5.41 Å². The van der Waals surface area contributed by atoms with Gasteiger partial charge in [0.15, 0.2) is 0 Å². The van der Waals surface area contributed by atoms with Gasteiger partial charge in [0.2, 0.25) is 0 Å². The lowest BCUT2D eigenvalue weighted by atomic mass is 9.70. The molecule has 1 aromatic carbocycles. The van der Waals surface area contributed by atoms with E-state index in [1.807, 2.05) is 30.3 Å². The number of nitrogens with one attached hydrogen (secondary N) is 1. The standard InChI is InChI=1S/C18H21NOS/c20-17(15-7-3-1-4-8-15)19-14-18(10-5-2-6-11-18)16-9-12-21-13-16/h1,3-4,7-9,12-13H,2,5-6,10-11,14H2,(H,19,20). The predicted molar refractivity (Wildman–Crippen MR) is 87.9 cm³/mol. The molecule has 1 N–H and O–H groups in total. The Morgan fingerprint density at radius 1 is 1.10 bits per heavy atom. The summed E-state index contributed by atoms with van der Waals surface area (Å²) < 4.78 is 0. The monoisotopic (exact) mass is 299 g/mol. The van der Waals surface area contributed by atoms with Crippen molar-refractivity contribution in [3.8, 4) is 0 Å². The van der Waals surface area contributed by atoms with E-state index in [-0.39, 0.29) is 11.3 Å². The van der Waals surface area contributed by atoms with Crippen molar-refractivity contribution >= 4 is 17.2 Å². The number of hydrogen-bond donors (Lipinski definition) is 1. The fraction of sp³-hybridized carbons (Fsp3) is 0.389. The Hall–Kier alpha value is -1.61. The summed E-state index contributed by atoms with van der Waals surface area (Å²) in [5.41, 5.74) is 2.29. The van der Waals surface area contributed by atoms with Crippen molar-refractivity contribution in [1.82, 2.24) is 5.32 Å². The lowest BCUT2D eigenvalue weighted by Crippen LogP contribution is -2.42. The molecule has 3 rings (SSSR count). The summed E-state index contributed by atoms with van der Waals surface area (Å²) in [6.45, 7) is 0.747. The second-order valence-corrected chi connectivity index (χ2v) is 6.68. The summed E-state index contributed by atoms with van der Waals surface area (Å²) in [7, 11) is 0. The van der Waals surface area contributed by atoms with Crippen LogP contribution in [0.3, 0.4) is 0 Å². The Morgan fingerprint density at radius 3 is 2.52 bits per heavy atom. The molecule has 0 saturated heterocycles. The predicted octanol–water partition coefficient (Wildman–Crippen LogP) is 4.38. The van der Waals surface area contributed by atoms with E-state index in [2.05, 4.69) is 22.1 Å². The van der Waals surface area contributed by atoms with E-state index in [0.717, 1.165) is 12.1 Å². The molecule has 21 heavy (non-hydrogen) atoms. The summed E-state index contributed by atoms with van der Waals surface area (Å²) in [5, 5.41) is 7.56. The molecule has 1 amide bonds. The first-order valence-corrected chi connectivity index (χ1v) is 8.60. The van der Waals surface area contributed by atoms with Crippen LogP contribution in [0.1, 0.15) is 48.0 Å². The van der Waals surface area contributed by atoms with Crippen LogP contribution >= 0.6 is 11.3 Å². The summed E-state index contributed by atoms with van der Waals surface area (Å²) in [5.74, 6) is 0.0378. The summed E-state index contributed by atoms with van der Waals surface area (Å²) >= 11 is 1.75. The molecule has 0 atom stereocenters. The van der Waals surface area contributed by atoms with E-state index in [9.17, 15) is 4.79 Å². The van der Waals surface area contributed by atoms with Gasteiger partial charge >= 0.3 is 0 Å². The second-order valence-electron chi connectivity index (χ2n) is 5.90. The number of hydrogen-bond acceptors (Lipinski definition) is 2. The van der Waals surface area contributed by atoms with Crippen LogP contribution in [0.15, 0.2) is 47.2 Å². The summed E-state index contributed by atoms with van der Waals surface area (Å²) in [4.78, 5) is 12.3. The minimum absolute atomic E-state index is 0.0378. The Kier molecular flexibility index (Phi) is 4.39. The van der Waals surface area contributed by atoms with Crippen molar-refractivity contribution in [2.45, 2.75) is 37.5 Å². The Morgan fingerprint density at radius 2 is 1.86 bits per heavy atom. The average Bonchev–Trinajstić information content (AvgIpc) is 3.09. The molecule has 110 valence electrons.